The van der Waals surface area contributed by atoms with Gasteiger partial charge in [-0.3, -0.25) is 9.69 Å². The molecule has 1 fully saturated rings. The van der Waals surface area contributed by atoms with Crippen molar-refractivity contribution in [2.45, 2.75) is 46.0 Å². The van der Waals surface area contributed by atoms with Crippen LogP contribution in [-0.2, 0) is 22.6 Å². The fourth-order valence-electron chi connectivity index (χ4n) is 2.74. The van der Waals surface area contributed by atoms with Gasteiger partial charge in [-0.25, -0.2) is 0 Å². The molecule has 1 saturated heterocycles. The van der Waals surface area contributed by atoms with E-state index in [4.69, 9.17) is 10.5 Å². The summed E-state index contributed by atoms with van der Waals surface area (Å²) in [4.78, 5) is 14.3. The average molecular weight is 319 g/mol. The number of morpholine rings is 1. The second kappa shape index (κ2) is 8.43. The van der Waals surface area contributed by atoms with Crippen LogP contribution in [0.1, 0.15) is 31.9 Å². The molecule has 0 aliphatic carbocycles. The molecule has 1 aromatic rings. The first-order chi connectivity index (χ1) is 11.0. The SMILES string of the molecule is CC1CN(Cc2cccc(CNC(=O)[C@@H](N)C(C)C)c2)CCO1. The lowest BCUT2D eigenvalue weighted by atomic mass is 10.0. The first-order valence-corrected chi connectivity index (χ1v) is 8.40. The second-order valence-corrected chi connectivity index (χ2v) is 6.72. The summed E-state index contributed by atoms with van der Waals surface area (Å²) in [6, 6.07) is 7.91. The molecule has 2 rings (SSSR count). The summed E-state index contributed by atoms with van der Waals surface area (Å²) in [6.07, 6.45) is 0.295. The summed E-state index contributed by atoms with van der Waals surface area (Å²) >= 11 is 0. The molecule has 0 bridgehead atoms. The van der Waals surface area contributed by atoms with Crippen LogP contribution in [0.5, 0.6) is 0 Å². The van der Waals surface area contributed by atoms with Gasteiger partial charge in [0.1, 0.15) is 0 Å². The second-order valence-electron chi connectivity index (χ2n) is 6.72. The number of hydrogen-bond donors (Lipinski definition) is 2. The monoisotopic (exact) mass is 319 g/mol. The third-order valence-corrected chi connectivity index (χ3v) is 4.21. The van der Waals surface area contributed by atoms with Gasteiger partial charge in [0.2, 0.25) is 5.91 Å². The zero-order valence-corrected chi connectivity index (χ0v) is 14.4. The molecule has 0 radical (unpaired) electrons. The van der Waals surface area contributed by atoms with Crippen molar-refractivity contribution in [1.82, 2.24) is 10.2 Å². The fraction of sp³-hybridized carbons (Fsp3) is 0.611. The molecular weight excluding hydrogens is 290 g/mol. The van der Waals surface area contributed by atoms with E-state index in [2.05, 4.69) is 29.3 Å². The van der Waals surface area contributed by atoms with Gasteiger partial charge in [-0.1, -0.05) is 38.1 Å². The lowest BCUT2D eigenvalue weighted by Crippen LogP contribution is -2.43. The van der Waals surface area contributed by atoms with E-state index in [1.807, 2.05) is 26.0 Å². The Morgan fingerprint density at radius 3 is 2.87 bits per heavy atom. The number of amides is 1. The van der Waals surface area contributed by atoms with Crippen LogP contribution in [0, 0.1) is 5.92 Å². The molecule has 1 amide bonds. The normalized spacial score (nSPS) is 20.5. The number of carbonyl (C=O) groups excluding carboxylic acids is 1. The summed E-state index contributed by atoms with van der Waals surface area (Å²) in [5.41, 5.74) is 8.23. The van der Waals surface area contributed by atoms with Gasteiger partial charge >= 0.3 is 0 Å². The molecule has 0 aromatic heterocycles. The van der Waals surface area contributed by atoms with Crippen LogP contribution in [-0.4, -0.2) is 42.6 Å². The Morgan fingerprint density at radius 2 is 2.17 bits per heavy atom. The molecule has 1 aliphatic rings. The molecule has 1 heterocycles. The number of nitrogens with zero attached hydrogens (tertiary/aromatic N) is 1. The van der Waals surface area contributed by atoms with Crippen molar-refractivity contribution in [1.29, 1.82) is 0 Å². The Bertz CT molecular complexity index is 519. The van der Waals surface area contributed by atoms with Crippen molar-refractivity contribution in [3.05, 3.63) is 35.4 Å². The first-order valence-electron chi connectivity index (χ1n) is 8.40. The van der Waals surface area contributed by atoms with Crippen LogP contribution >= 0.6 is 0 Å². The van der Waals surface area contributed by atoms with Crippen molar-refractivity contribution >= 4 is 5.91 Å². The predicted molar refractivity (Wildman–Crippen MR) is 91.8 cm³/mol. The highest BCUT2D eigenvalue weighted by atomic mass is 16.5. The molecule has 0 spiro atoms. The van der Waals surface area contributed by atoms with Crippen LogP contribution in [0.25, 0.3) is 0 Å². The van der Waals surface area contributed by atoms with Crippen LogP contribution in [0.4, 0.5) is 0 Å². The number of benzene rings is 1. The number of nitrogens with one attached hydrogen (secondary N) is 1. The highest BCUT2D eigenvalue weighted by molar-refractivity contribution is 5.81. The molecule has 1 aromatic carbocycles. The summed E-state index contributed by atoms with van der Waals surface area (Å²) in [6.45, 7) is 10.2. The Hall–Kier alpha value is -1.43. The Morgan fingerprint density at radius 1 is 1.43 bits per heavy atom. The van der Waals surface area contributed by atoms with Gasteiger partial charge in [0, 0.05) is 26.2 Å². The van der Waals surface area contributed by atoms with Crippen molar-refractivity contribution in [3.63, 3.8) is 0 Å². The number of nitrogens with two attached hydrogens (primary N) is 1. The van der Waals surface area contributed by atoms with Crippen LogP contribution in [0.2, 0.25) is 0 Å². The summed E-state index contributed by atoms with van der Waals surface area (Å²) in [5.74, 6) is 0.0528. The fourth-order valence-corrected chi connectivity index (χ4v) is 2.74. The molecule has 5 nitrogen and oxygen atoms in total. The van der Waals surface area contributed by atoms with Crippen LogP contribution < -0.4 is 11.1 Å². The van der Waals surface area contributed by atoms with Crippen molar-refractivity contribution in [2.75, 3.05) is 19.7 Å². The lowest BCUT2D eigenvalue weighted by molar-refractivity contribution is -0.123. The number of ether oxygens (including phenoxy) is 1. The maximum Gasteiger partial charge on any atom is 0.237 e. The van der Waals surface area contributed by atoms with E-state index in [9.17, 15) is 4.79 Å². The predicted octanol–water partition coefficient (Wildman–Crippen LogP) is 1.51. The van der Waals surface area contributed by atoms with Gasteiger partial charge in [0.15, 0.2) is 0 Å². The van der Waals surface area contributed by atoms with Crippen molar-refractivity contribution < 1.29 is 9.53 Å². The van der Waals surface area contributed by atoms with E-state index in [0.717, 1.165) is 31.8 Å². The minimum absolute atomic E-state index is 0.0904. The molecule has 5 heteroatoms. The summed E-state index contributed by atoms with van der Waals surface area (Å²) in [5, 5.41) is 2.92. The quantitative estimate of drug-likeness (QED) is 0.834. The van der Waals surface area contributed by atoms with E-state index in [1.165, 1.54) is 5.56 Å². The van der Waals surface area contributed by atoms with Gasteiger partial charge < -0.3 is 15.8 Å². The maximum atomic E-state index is 11.9. The Kier molecular flexibility index (Phi) is 6.57. The summed E-state index contributed by atoms with van der Waals surface area (Å²) in [7, 11) is 0. The molecule has 23 heavy (non-hydrogen) atoms. The van der Waals surface area contributed by atoms with Crippen LogP contribution in [0.15, 0.2) is 24.3 Å². The van der Waals surface area contributed by atoms with Crippen LogP contribution in [0.3, 0.4) is 0 Å². The third-order valence-electron chi connectivity index (χ3n) is 4.21. The molecule has 128 valence electrons. The van der Waals surface area contributed by atoms with Gasteiger partial charge in [0.05, 0.1) is 18.8 Å². The van der Waals surface area contributed by atoms with Gasteiger partial charge in [0.25, 0.3) is 0 Å². The van der Waals surface area contributed by atoms with Gasteiger partial charge in [-0.15, -0.1) is 0 Å². The molecule has 2 atom stereocenters. The highest BCUT2D eigenvalue weighted by Crippen LogP contribution is 2.12. The van der Waals surface area contributed by atoms with E-state index >= 15 is 0 Å². The first kappa shape index (κ1) is 17.9. The van der Waals surface area contributed by atoms with E-state index in [1.54, 1.807) is 0 Å². The van der Waals surface area contributed by atoms with Crippen molar-refractivity contribution in [3.8, 4) is 0 Å². The zero-order chi connectivity index (χ0) is 16.8. The summed E-state index contributed by atoms with van der Waals surface area (Å²) < 4.78 is 5.58. The van der Waals surface area contributed by atoms with Gasteiger partial charge in [-0.2, -0.15) is 0 Å². The zero-order valence-electron chi connectivity index (χ0n) is 14.4. The topological polar surface area (TPSA) is 67.6 Å². The molecule has 0 saturated carbocycles. The number of rotatable bonds is 6. The van der Waals surface area contributed by atoms with E-state index in [-0.39, 0.29) is 11.8 Å². The Labute approximate surface area is 139 Å². The number of hydrogen-bond acceptors (Lipinski definition) is 4. The standard InChI is InChI=1S/C18H29N3O2/c1-13(2)17(19)18(22)20-10-15-5-4-6-16(9-15)12-21-7-8-23-14(3)11-21/h4-6,9,13-14,17H,7-8,10-12,19H2,1-3H3,(H,20,22)/t14?,17-/m0/s1. The van der Waals surface area contributed by atoms with E-state index < -0.39 is 6.04 Å². The lowest BCUT2D eigenvalue weighted by Gasteiger charge is -2.31. The molecular formula is C18H29N3O2. The minimum Gasteiger partial charge on any atom is -0.376 e. The average Bonchev–Trinajstić information content (AvgIpc) is 2.52. The highest BCUT2D eigenvalue weighted by Gasteiger charge is 2.18. The largest absolute Gasteiger partial charge is 0.376 e. The molecule has 1 aliphatic heterocycles. The van der Waals surface area contributed by atoms with Gasteiger partial charge in [-0.05, 0) is 24.0 Å². The number of carbonyl (C=O) groups is 1. The Balaban J connectivity index is 1.88. The maximum absolute atomic E-state index is 11.9. The van der Waals surface area contributed by atoms with Crippen molar-refractivity contribution in [2.24, 2.45) is 11.7 Å². The van der Waals surface area contributed by atoms with E-state index in [0.29, 0.717) is 12.6 Å². The smallest absolute Gasteiger partial charge is 0.237 e. The minimum atomic E-state index is -0.451. The molecule has 1 unspecified atom stereocenters. The molecule has 3 N–H and O–H groups in total. The third kappa shape index (κ3) is 5.61.